The first-order valence-corrected chi connectivity index (χ1v) is 6.25. The van der Waals surface area contributed by atoms with Crippen LogP contribution >= 0.6 is 11.6 Å². The molecular weight excluding hydrogens is 266 g/mol. The number of nitrogens with zero attached hydrogens (tertiary/aromatic N) is 1. The van der Waals surface area contributed by atoms with Crippen LogP contribution < -0.4 is 10.6 Å². The smallest absolute Gasteiger partial charge is 0.238 e. The molecule has 0 aliphatic heterocycles. The van der Waals surface area contributed by atoms with E-state index >= 15 is 0 Å². The summed E-state index contributed by atoms with van der Waals surface area (Å²) in [4.78, 5) is 24.6. The topological polar surface area (TPSA) is 61.4 Å². The fraction of sp³-hybridized carbons (Fsp3) is 0.385. The molecule has 0 aromatic heterocycles. The summed E-state index contributed by atoms with van der Waals surface area (Å²) in [7, 11) is 3.26. The molecule has 0 bridgehead atoms. The van der Waals surface area contributed by atoms with Gasteiger partial charge in [0.05, 0.1) is 23.8 Å². The van der Waals surface area contributed by atoms with E-state index in [2.05, 4.69) is 10.6 Å². The van der Waals surface area contributed by atoms with Gasteiger partial charge < -0.3 is 10.6 Å². The van der Waals surface area contributed by atoms with Crippen molar-refractivity contribution in [3.8, 4) is 0 Å². The highest BCUT2D eigenvalue weighted by atomic mass is 35.5. The Bertz CT molecular complexity index is 477. The summed E-state index contributed by atoms with van der Waals surface area (Å²) in [5.41, 5.74) is 1.60. The Kier molecular flexibility index (Phi) is 5.79. The van der Waals surface area contributed by atoms with E-state index in [9.17, 15) is 9.59 Å². The predicted octanol–water partition coefficient (Wildman–Crippen LogP) is 1.26. The Hall–Kier alpha value is -1.59. The highest BCUT2D eigenvalue weighted by molar-refractivity contribution is 6.33. The Balaban J connectivity index is 2.53. The molecule has 0 atom stereocenters. The van der Waals surface area contributed by atoms with Gasteiger partial charge in [0.1, 0.15) is 0 Å². The highest BCUT2D eigenvalue weighted by Gasteiger charge is 2.11. The van der Waals surface area contributed by atoms with Gasteiger partial charge in [0.25, 0.3) is 0 Å². The second kappa shape index (κ2) is 7.11. The average Bonchev–Trinajstić information content (AvgIpc) is 2.32. The van der Waals surface area contributed by atoms with Gasteiger partial charge >= 0.3 is 0 Å². The molecule has 0 heterocycles. The maximum Gasteiger partial charge on any atom is 0.238 e. The molecule has 2 N–H and O–H groups in total. The van der Waals surface area contributed by atoms with Gasteiger partial charge in [0.2, 0.25) is 11.8 Å². The summed E-state index contributed by atoms with van der Waals surface area (Å²) in [6.45, 7) is 2.22. The quantitative estimate of drug-likeness (QED) is 0.855. The number of hydrogen-bond donors (Lipinski definition) is 2. The zero-order chi connectivity index (χ0) is 14.4. The lowest BCUT2D eigenvalue weighted by Gasteiger charge is -2.15. The molecule has 0 saturated heterocycles. The van der Waals surface area contributed by atoms with E-state index in [0.717, 1.165) is 5.56 Å². The number of hydrogen-bond acceptors (Lipinski definition) is 3. The Morgan fingerprint density at radius 2 is 1.89 bits per heavy atom. The standard InChI is InChI=1S/C13H18ClN3O2/c1-9-4-5-11(10(14)6-9)16-13(19)8-17(3)7-12(18)15-2/h4-6H,7-8H2,1-3H3,(H,15,18)(H,16,19). The van der Waals surface area contributed by atoms with Gasteiger partial charge in [-0.05, 0) is 31.7 Å². The van der Waals surface area contributed by atoms with Gasteiger partial charge in [0, 0.05) is 7.05 Å². The molecule has 0 aliphatic carbocycles. The Morgan fingerprint density at radius 3 is 2.47 bits per heavy atom. The molecule has 0 saturated carbocycles. The van der Waals surface area contributed by atoms with Gasteiger partial charge in [-0.1, -0.05) is 17.7 Å². The van der Waals surface area contributed by atoms with Crippen LogP contribution in [-0.4, -0.2) is 43.9 Å². The van der Waals surface area contributed by atoms with Crippen molar-refractivity contribution >= 4 is 29.1 Å². The van der Waals surface area contributed by atoms with Crippen LogP contribution in [0.1, 0.15) is 5.56 Å². The van der Waals surface area contributed by atoms with E-state index in [1.54, 1.807) is 31.1 Å². The first-order valence-electron chi connectivity index (χ1n) is 5.87. The van der Waals surface area contributed by atoms with E-state index in [-0.39, 0.29) is 24.9 Å². The zero-order valence-corrected chi connectivity index (χ0v) is 12.0. The van der Waals surface area contributed by atoms with Crippen molar-refractivity contribution in [3.05, 3.63) is 28.8 Å². The number of likely N-dealkylation sites (N-methyl/N-ethyl adjacent to an activating group) is 2. The van der Waals surface area contributed by atoms with Crippen molar-refractivity contribution in [2.45, 2.75) is 6.92 Å². The van der Waals surface area contributed by atoms with E-state index < -0.39 is 0 Å². The normalized spacial score (nSPS) is 10.4. The van der Waals surface area contributed by atoms with E-state index in [0.29, 0.717) is 10.7 Å². The summed E-state index contributed by atoms with van der Waals surface area (Å²) in [6, 6.07) is 5.41. The lowest BCUT2D eigenvalue weighted by molar-refractivity contribution is -0.122. The molecule has 6 heteroatoms. The minimum Gasteiger partial charge on any atom is -0.358 e. The minimum absolute atomic E-state index is 0.123. The number of rotatable bonds is 5. The van der Waals surface area contributed by atoms with Crippen molar-refractivity contribution in [2.75, 3.05) is 32.5 Å². The van der Waals surface area contributed by atoms with Gasteiger partial charge in [-0.25, -0.2) is 0 Å². The Morgan fingerprint density at radius 1 is 1.26 bits per heavy atom. The maximum atomic E-state index is 11.8. The molecule has 19 heavy (non-hydrogen) atoms. The van der Waals surface area contributed by atoms with Crippen LogP contribution in [0.3, 0.4) is 0 Å². The fourth-order valence-electron chi connectivity index (χ4n) is 1.54. The number of benzene rings is 1. The molecule has 104 valence electrons. The number of nitrogens with one attached hydrogen (secondary N) is 2. The fourth-order valence-corrected chi connectivity index (χ4v) is 1.82. The number of aryl methyl sites for hydroxylation is 1. The third-order valence-electron chi connectivity index (χ3n) is 2.50. The molecule has 0 spiro atoms. The molecule has 1 aromatic carbocycles. The van der Waals surface area contributed by atoms with Gasteiger partial charge in [-0.2, -0.15) is 0 Å². The van der Waals surface area contributed by atoms with Gasteiger partial charge in [-0.3, -0.25) is 14.5 Å². The number of amides is 2. The van der Waals surface area contributed by atoms with Crippen molar-refractivity contribution < 1.29 is 9.59 Å². The molecule has 2 amide bonds. The number of carbonyl (C=O) groups is 2. The van der Waals surface area contributed by atoms with Crippen molar-refractivity contribution in [1.29, 1.82) is 0 Å². The molecule has 0 fully saturated rings. The van der Waals surface area contributed by atoms with Gasteiger partial charge in [-0.15, -0.1) is 0 Å². The summed E-state index contributed by atoms with van der Waals surface area (Å²) < 4.78 is 0. The molecular formula is C13H18ClN3O2. The third kappa shape index (κ3) is 5.28. The molecule has 5 nitrogen and oxygen atoms in total. The summed E-state index contributed by atoms with van der Waals surface area (Å²) in [6.07, 6.45) is 0. The zero-order valence-electron chi connectivity index (χ0n) is 11.3. The van der Waals surface area contributed by atoms with E-state index in [1.165, 1.54) is 0 Å². The van der Waals surface area contributed by atoms with Crippen LogP contribution in [0.25, 0.3) is 0 Å². The molecule has 0 unspecified atom stereocenters. The van der Waals surface area contributed by atoms with Crippen LogP contribution in [-0.2, 0) is 9.59 Å². The van der Waals surface area contributed by atoms with E-state index in [1.807, 2.05) is 13.0 Å². The largest absolute Gasteiger partial charge is 0.358 e. The highest BCUT2D eigenvalue weighted by Crippen LogP contribution is 2.22. The predicted molar refractivity (Wildman–Crippen MR) is 76.4 cm³/mol. The summed E-state index contributed by atoms with van der Waals surface area (Å²) in [5.74, 6) is -0.346. The monoisotopic (exact) mass is 283 g/mol. The lowest BCUT2D eigenvalue weighted by Crippen LogP contribution is -2.37. The second-order valence-electron chi connectivity index (χ2n) is 4.38. The van der Waals surface area contributed by atoms with Crippen LogP contribution in [0.2, 0.25) is 5.02 Å². The third-order valence-corrected chi connectivity index (χ3v) is 2.82. The molecule has 0 aliphatic rings. The van der Waals surface area contributed by atoms with Gasteiger partial charge in [0.15, 0.2) is 0 Å². The maximum absolute atomic E-state index is 11.8. The van der Waals surface area contributed by atoms with E-state index in [4.69, 9.17) is 11.6 Å². The number of carbonyl (C=O) groups excluding carboxylic acids is 2. The summed E-state index contributed by atoms with van der Waals surface area (Å²) in [5, 5.41) is 5.72. The molecule has 1 aromatic rings. The molecule has 1 rings (SSSR count). The summed E-state index contributed by atoms with van der Waals surface area (Å²) >= 11 is 6.02. The van der Waals surface area contributed by atoms with Crippen molar-refractivity contribution in [2.24, 2.45) is 0 Å². The SMILES string of the molecule is CNC(=O)CN(C)CC(=O)Nc1ccc(C)cc1Cl. The lowest BCUT2D eigenvalue weighted by atomic mass is 10.2. The van der Waals surface area contributed by atoms with Crippen LogP contribution in [0.15, 0.2) is 18.2 Å². The Labute approximate surface area is 117 Å². The van der Waals surface area contributed by atoms with Crippen molar-refractivity contribution in [1.82, 2.24) is 10.2 Å². The molecule has 0 radical (unpaired) electrons. The first kappa shape index (κ1) is 15.5. The minimum atomic E-state index is -0.211. The second-order valence-corrected chi connectivity index (χ2v) is 4.78. The van der Waals surface area contributed by atoms with Crippen LogP contribution in [0, 0.1) is 6.92 Å². The average molecular weight is 284 g/mol. The number of halogens is 1. The first-order chi connectivity index (χ1) is 8.92. The van der Waals surface area contributed by atoms with Crippen LogP contribution in [0.5, 0.6) is 0 Å². The van der Waals surface area contributed by atoms with Crippen molar-refractivity contribution in [3.63, 3.8) is 0 Å². The van der Waals surface area contributed by atoms with Crippen LogP contribution in [0.4, 0.5) is 5.69 Å². The number of anilines is 1.